The average Bonchev–Trinajstić information content (AvgIpc) is 3.58. The summed E-state index contributed by atoms with van der Waals surface area (Å²) in [6.07, 6.45) is 0.125. The lowest BCUT2D eigenvalue weighted by molar-refractivity contribution is -0.136. The zero-order valence-electron chi connectivity index (χ0n) is 24.7. The van der Waals surface area contributed by atoms with Gasteiger partial charge in [-0.15, -0.1) is 0 Å². The number of nitrogens with zero attached hydrogens (tertiary/aromatic N) is 4. The number of hydrogen-bond donors (Lipinski definition) is 1. The van der Waals surface area contributed by atoms with Crippen molar-refractivity contribution in [3.63, 3.8) is 0 Å². The molecule has 0 radical (unpaired) electrons. The first-order valence-electron chi connectivity index (χ1n) is 14.8. The molecule has 3 amide bonds. The first kappa shape index (κ1) is 30.9. The average molecular weight is 604 g/mol. The largest absolute Gasteiger partial charge is 0.472 e. The van der Waals surface area contributed by atoms with Crippen LogP contribution in [0.4, 0.5) is 4.79 Å². The van der Waals surface area contributed by atoms with Gasteiger partial charge in [0.05, 0.1) is 33.0 Å². The molecule has 2 fully saturated rings. The summed E-state index contributed by atoms with van der Waals surface area (Å²) in [5, 5.41) is 2.84. The number of amides is 3. The standard InChI is InChI=1S/C32H37N5O7/c1-2-43-32(40)37-16-14-36(15-17-37)31(39)27(22-42-20-23-9-5-3-6-10-23)34-30(38)26-19-28(44-25-13-18-41-21-25)35-29(33-26)24-11-7-4-8-12-24/h3-12,19,25,27H,2,13-18,20-22H2,1H3,(H,34,38). The molecule has 12 nitrogen and oxygen atoms in total. The monoisotopic (exact) mass is 603 g/mol. The van der Waals surface area contributed by atoms with Crippen molar-refractivity contribution in [2.45, 2.75) is 32.1 Å². The Kier molecular flexibility index (Phi) is 10.7. The fourth-order valence-electron chi connectivity index (χ4n) is 4.91. The second kappa shape index (κ2) is 15.3. The number of ether oxygens (including phenoxy) is 4. The Morgan fingerprint density at radius 3 is 2.36 bits per heavy atom. The van der Waals surface area contributed by atoms with Crippen molar-refractivity contribution in [1.29, 1.82) is 0 Å². The molecule has 12 heteroatoms. The number of aromatic nitrogens is 2. The quantitative estimate of drug-likeness (QED) is 0.351. The van der Waals surface area contributed by atoms with Gasteiger partial charge in [-0.1, -0.05) is 60.7 Å². The predicted octanol–water partition coefficient (Wildman–Crippen LogP) is 2.93. The van der Waals surface area contributed by atoms with Crippen LogP contribution in [0.2, 0.25) is 0 Å². The Morgan fingerprint density at radius 2 is 1.68 bits per heavy atom. The van der Waals surface area contributed by atoms with E-state index in [0.29, 0.717) is 57.2 Å². The van der Waals surface area contributed by atoms with Crippen LogP contribution in [0.15, 0.2) is 66.7 Å². The van der Waals surface area contributed by atoms with Gasteiger partial charge in [0, 0.05) is 44.2 Å². The summed E-state index contributed by atoms with van der Waals surface area (Å²) in [5.74, 6) is -0.306. The summed E-state index contributed by atoms with van der Waals surface area (Å²) >= 11 is 0. The molecule has 0 bridgehead atoms. The van der Waals surface area contributed by atoms with Crippen LogP contribution in [0.25, 0.3) is 11.4 Å². The Labute approximate surface area is 256 Å². The van der Waals surface area contributed by atoms with Crippen molar-refractivity contribution in [3.8, 4) is 17.3 Å². The number of carbonyl (C=O) groups is 3. The molecule has 2 aliphatic heterocycles. The van der Waals surface area contributed by atoms with Crippen LogP contribution >= 0.6 is 0 Å². The van der Waals surface area contributed by atoms with Crippen molar-refractivity contribution in [1.82, 2.24) is 25.1 Å². The maximum absolute atomic E-state index is 13.7. The number of piperazine rings is 1. The van der Waals surface area contributed by atoms with Crippen LogP contribution in [0.3, 0.4) is 0 Å². The van der Waals surface area contributed by atoms with E-state index >= 15 is 0 Å². The molecule has 232 valence electrons. The van der Waals surface area contributed by atoms with Gasteiger partial charge in [0.15, 0.2) is 5.82 Å². The second-order valence-corrected chi connectivity index (χ2v) is 10.4. The minimum Gasteiger partial charge on any atom is -0.472 e. The number of rotatable bonds is 11. The predicted molar refractivity (Wildman–Crippen MR) is 160 cm³/mol. The summed E-state index contributed by atoms with van der Waals surface area (Å²) in [5.41, 5.74) is 1.71. The van der Waals surface area contributed by atoms with E-state index in [9.17, 15) is 14.4 Å². The number of nitrogens with one attached hydrogen (secondary N) is 1. The third-order valence-electron chi connectivity index (χ3n) is 7.26. The maximum atomic E-state index is 13.7. The minimum atomic E-state index is -0.997. The van der Waals surface area contributed by atoms with E-state index in [1.54, 1.807) is 16.7 Å². The number of benzene rings is 2. The van der Waals surface area contributed by atoms with Gasteiger partial charge in [0.25, 0.3) is 5.91 Å². The summed E-state index contributed by atoms with van der Waals surface area (Å²) in [7, 11) is 0. The molecule has 2 saturated heterocycles. The van der Waals surface area contributed by atoms with Crippen molar-refractivity contribution in [2.24, 2.45) is 0 Å². The van der Waals surface area contributed by atoms with Crippen LogP contribution in [-0.4, -0.2) is 102 Å². The molecular weight excluding hydrogens is 566 g/mol. The fourth-order valence-corrected chi connectivity index (χ4v) is 4.91. The Balaban J connectivity index is 1.33. The van der Waals surface area contributed by atoms with Gasteiger partial charge in [0.1, 0.15) is 17.8 Å². The van der Waals surface area contributed by atoms with Crippen LogP contribution in [0.5, 0.6) is 5.88 Å². The van der Waals surface area contributed by atoms with E-state index in [4.69, 9.17) is 18.9 Å². The Morgan fingerprint density at radius 1 is 0.977 bits per heavy atom. The fraction of sp³-hybridized carbons (Fsp3) is 0.406. The smallest absolute Gasteiger partial charge is 0.409 e. The highest BCUT2D eigenvalue weighted by Gasteiger charge is 2.31. The zero-order valence-corrected chi connectivity index (χ0v) is 24.7. The number of carbonyl (C=O) groups excluding carboxylic acids is 3. The first-order valence-corrected chi connectivity index (χ1v) is 14.8. The molecular formula is C32H37N5O7. The van der Waals surface area contributed by atoms with Gasteiger partial charge in [-0.3, -0.25) is 9.59 Å². The molecule has 2 atom stereocenters. The van der Waals surface area contributed by atoms with Gasteiger partial charge in [0.2, 0.25) is 11.8 Å². The molecule has 2 aromatic carbocycles. The Bertz CT molecular complexity index is 1390. The third kappa shape index (κ3) is 8.29. The van der Waals surface area contributed by atoms with E-state index in [2.05, 4.69) is 15.3 Å². The SMILES string of the molecule is CCOC(=O)N1CCN(C(=O)C(COCc2ccccc2)NC(=O)c2cc(OC3CCOC3)nc(-c3ccccc3)n2)CC1. The molecule has 2 aliphatic rings. The van der Waals surface area contributed by atoms with Gasteiger partial charge in [-0.2, -0.15) is 4.98 Å². The second-order valence-electron chi connectivity index (χ2n) is 10.4. The normalized spacial score (nSPS) is 17.2. The molecule has 1 aromatic heterocycles. The lowest BCUT2D eigenvalue weighted by atomic mass is 10.2. The summed E-state index contributed by atoms with van der Waals surface area (Å²) in [6.45, 7) is 4.52. The lowest BCUT2D eigenvalue weighted by Gasteiger charge is -2.35. The summed E-state index contributed by atoms with van der Waals surface area (Å²) < 4.78 is 22.5. The zero-order chi connectivity index (χ0) is 30.7. The van der Waals surface area contributed by atoms with E-state index in [-0.39, 0.29) is 43.4 Å². The molecule has 0 aliphatic carbocycles. The van der Waals surface area contributed by atoms with E-state index in [1.807, 2.05) is 60.7 Å². The van der Waals surface area contributed by atoms with E-state index in [1.165, 1.54) is 6.07 Å². The molecule has 0 saturated carbocycles. The highest BCUT2D eigenvalue weighted by molar-refractivity contribution is 5.96. The minimum absolute atomic E-state index is 0.0563. The lowest BCUT2D eigenvalue weighted by Crippen LogP contribution is -2.57. The van der Waals surface area contributed by atoms with Gasteiger partial charge < -0.3 is 34.1 Å². The van der Waals surface area contributed by atoms with Crippen LogP contribution in [0.1, 0.15) is 29.4 Å². The highest BCUT2D eigenvalue weighted by atomic mass is 16.6. The summed E-state index contributed by atoms with van der Waals surface area (Å²) in [4.78, 5) is 51.8. The van der Waals surface area contributed by atoms with Gasteiger partial charge in [-0.05, 0) is 12.5 Å². The van der Waals surface area contributed by atoms with Crippen molar-refractivity contribution in [3.05, 3.63) is 78.0 Å². The molecule has 0 spiro atoms. The topological polar surface area (TPSA) is 132 Å². The Hall–Kier alpha value is -4.55. The highest BCUT2D eigenvalue weighted by Crippen LogP contribution is 2.22. The number of hydrogen-bond acceptors (Lipinski definition) is 9. The molecule has 3 aromatic rings. The van der Waals surface area contributed by atoms with Crippen molar-refractivity contribution >= 4 is 17.9 Å². The summed E-state index contributed by atoms with van der Waals surface area (Å²) in [6, 6.07) is 19.3. The van der Waals surface area contributed by atoms with Crippen LogP contribution < -0.4 is 10.1 Å². The van der Waals surface area contributed by atoms with Crippen LogP contribution in [0, 0.1) is 0 Å². The molecule has 5 rings (SSSR count). The van der Waals surface area contributed by atoms with Gasteiger partial charge >= 0.3 is 6.09 Å². The van der Waals surface area contributed by atoms with Crippen molar-refractivity contribution in [2.75, 3.05) is 52.6 Å². The maximum Gasteiger partial charge on any atom is 0.409 e. The van der Waals surface area contributed by atoms with Crippen molar-refractivity contribution < 1.29 is 33.3 Å². The molecule has 1 N–H and O–H groups in total. The molecule has 3 heterocycles. The van der Waals surface area contributed by atoms with E-state index < -0.39 is 18.0 Å². The first-order chi connectivity index (χ1) is 21.5. The van der Waals surface area contributed by atoms with Gasteiger partial charge in [-0.25, -0.2) is 9.78 Å². The van der Waals surface area contributed by atoms with E-state index in [0.717, 1.165) is 5.56 Å². The molecule has 2 unspecified atom stereocenters. The third-order valence-corrected chi connectivity index (χ3v) is 7.26. The van der Waals surface area contributed by atoms with Crippen LogP contribution in [-0.2, 0) is 25.6 Å². The molecule has 44 heavy (non-hydrogen) atoms.